The standard InChI is InChI=1S/C3H9N.H2/c1-2-3-4;/h2-4H2,1H3;1H/i;1+1D. The second-order valence-corrected chi connectivity index (χ2v) is 0.789. The summed E-state index contributed by atoms with van der Waals surface area (Å²) >= 11 is 0. The molecular weight excluding hydrogens is 50.0 g/mol. The summed E-state index contributed by atoms with van der Waals surface area (Å²) in [6.07, 6.45) is 1.10. The van der Waals surface area contributed by atoms with E-state index < -0.39 is 0 Å². The van der Waals surface area contributed by atoms with E-state index in [1.54, 1.807) is 0 Å². The summed E-state index contributed by atoms with van der Waals surface area (Å²) in [5.74, 6) is 0. The predicted octanol–water partition coefficient (Wildman–Crippen LogP) is 0.601. The average molecular weight is 63.1 g/mol. The maximum Gasteiger partial charge on any atom is 0 e. The molecule has 0 aliphatic rings. The van der Waals surface area contributed by atoms with Gasteiger partial charge in [0.05, 0.1) is 0 Å². The van der Waals surface area contributed by atoms with Crippen LogP contribution in [0.1, 0.15) is 16.3 Å². The molecule has 0 bridgehead atoms. The highest BCUT2D eigenvalue weighted by Crippen LogP contribution is 1.57. The molecule has 28 valence electrons. The van der Waals surface area contributed by atoms with Crippen molar-refractivity contribution in [3.05, 3.63) is 0 Å². The Hall–Kier alpha value is -0.0400. The van der Waals surface area contributed by atoms with Crippen molar-refractivity contribution in [2.45, 2.75) is 13.3 Å². The molecule has 0 aromatic carbocycles. The number of rotatable bonds is 1. The van der Waals surface area contributed by atoms with E-state index in [0.717, 1.165) is 13.0 Å². The number of hydrogen-bond donors (Lipinski definition) is 1. The fourth-order valence-electron chi connectivity index (χ4n) is 0. The van der Waals surface area contributed by atoms with Crippen LogP contribution in [-0.4, -0.2) is 6.54 Å². The van der Waals surface area contributed by atoms with Crippen molar-refractivity contribution >= 4 is 0 Å². The average Bonchev–Trinajstić information content (AvgIpc) is 1.72. The van der Waals surface area contributed by atoms with E-state index in [0.29, 0.717) is 0 Å². The van der Waals surface area contributed by atoms with Gasteiger partial charge in [-0.15, -0.1) is 0 Å². The second kappa shape index (κ2) is 2.96. The lowest BCUT2D eigenvalue weighted by Gasteiger charge is -1.70. The highest BCUT2D eigenvalue weighted by molar-refractivity contribution is 4.19. The monoisotopic (exact) mass is 63.1 g/mol. The molecule has 0 fully saturated rings. The topological polar surface area (TPSA) is 26.0 Å². The van der Waals surface area contributed by atoms with Gasteiger partial charge >= 0.3 is 0 Å². The van der Waals surface area contributed by atoms with Gasteiger partial charge in [0.15, 0.2) is 0 Å². The molecule has 0 heterocycles. The third-order valence-electron chi connectivity index (χ3n) is 0.289. The summed E-state index contributed by atoms with van der Waals surface area (Å²) in [5.41, 5.74) is 5.03. The molecule has 0 aromatic rings. The van der Waals surface area contributed by atoms with Gasteiger partial charge in [-0.1, -0.05) is 6.92 Å². The van der Waals surface area contributed by atoms with E-state index in [2.05, 4.69) is 6.92 Å². The van der Waals surface area contributed by atoms with Crippen molar-refractivity contribution in [3.63, 3.8) is 0 Å². The molecule has 0 aromatic heterocycles. The zero-order valence-electron chi connectivity index (χ0n) is 4.99. The molecule has 4 heavy (non-hydrogen) atoms. The molecule has 0 rings (SSSR count). The maximum atomic E-state index is 5.03. The smallest absolute Gasteiger partial charge is 0 e. The molecule has 0 aliphatic carbocycles. The number of hydrogen-bond acceptors (Lipinski definition) is 1. The van der Waals surface area contributed by atoms with Crippen LogP contribution in [-0.2, 0) is 0 Å². The van der Waals surface area contributed by atoms with E-state index in [-0.39, 0.29) is 0 Å². The van der Waals surface area contributed by atoms with E-state index in [9.17, 15) is 0 Å². The summed E-state index contributed by atoms with van der Waals surface area (Å²) in [4.78, 5) is 0. The Bertz CT molecular complexity index is 10.8. The first-order chi connectivity index (χ1) is 2.91. The van der Waals surface area contributed by atoms with Gasteiger partial charge in [0.2, 0.25) is 0 Å². The molecule has 0 spiro atoms. The molecule has 0 radical (unpaired) electrons. The summed E-state index contributed by atoms with van der Waals surface area (Å²) < 4.78 is 10.0. The van der Waals surface area contributed by atoms with Crippen LogP contribution in [0.5, 0.6) is 0 Å². The SMILES string of the molecule is CCCN.[2H][2H]. The number of nitrogens with two attached hydrogens (primary N) is 1. The first kappa shape index (κ1) is 2.21. The molecule has 0 amide bonds. The minimum atomic E-state index is 0.819. The van der Waals surface area contributed by atoms with Gasteiger partial charge in [-0.2, -0.15) is 0 Å². The normalized spacial score (nSPS) is 9.50. The van der Waals surface area contributed by atoms with Gasteiger partial charge in [0, 0.05) is 2.97 Å². The maximum absolute atomic E-state index is 5.03. The molecule has 1 heteroatoms. The van der Waals surface area contributed by atoms with Crippen molar-refractivity contribution in [1.29, 1.82) is 0 Å². The van der Waals surface area contributed by atoms with Crippen LogP contribution < -0.4 is 5.73 Å². The Balaban J connectivity index is 0. The highest BCUT2D eigenvalue weighted by Gasteiger charge is 1.55. The van der Waals surface area contributed by atoms with Gasteiger partial charge < -0.3 is 5.73 Å². The van der Waals surface area contributed by atoms with Gasteiger partial charge in [-0.25, -0.2) is 0 Å². The first-order valence-electron chi connectivity index (χ1n) is 2.62. The van der Waals surface area contributed by atoms with E-state index in [4.69, 9.17) is 8.70 Å². The van der Waals surface area contributed by atoms with Gasteiger partial charge in [-0.3, -0.25) is 0 Å². The summed E-state index contributed by atoms with van der Waals surface area (Å²) in [6, 6.07) is 0. The van der Waals surface area contributed by atoms with Crippen molar-refractivity contribution in [3.8, 4) is 0 Å². The molecule has 2 N–H and O–H groups in total. The first-order valence-corrected chi connectivity index (χ1v) is 1.62. The largest absolute Gasteiger partial charge is 0.330 e. The highest BCUT2D eigenvalue weighted by atomic mass is 14.5. The molecule has 1 nitrogen and oxygen atoms in total. The van der Waals surface area contributed by atoms with Crippen LogP contribution in [0.3, 0.4) is 0 Å². The Morgan fingerprint density at radius 3 is 2.50 bits per heavy atom. The molecule has 0 aliphatic heterocycles. The Morgan fingerprint density at radius 2 is 2.50 bits per heavy atom. The van der Waals surface area contributed by atoms with Crippen molar-refractivity contribution in [2.24, 2.45) is 5.73 Å². The third-order valence-corrected chi connectivity index (χ3v) is 0.289. The van der Waals surface area contributed by atoms with E-state index in [1.165, 1.54) is 0 Å². The Labute approximate surface area is 29.9 Å². The van der Waals surface area contributed by atoms with E-state index >= 15 is 0 Å². The molecule has 0 unspecified atom stereocenters. The van der Waals surface area contributed by atoms with Gasteiger partial charge in [0.1, 0.15) is 0 Å². The lowest BCUT2D eigenvalue weighted by Crippen LogP contribution is -1.93. The third kappa shape index (κ3) is 1.96. The zero-order valence-corrected chi connectivity index (χ0v) is 2.99. The Morgan fingerprint density at radius 1 is 2.25 bits per heavy atom. The molecule has 0 atom stereocenters. The van der Waals surface area contributed by atoms with Crippen molar-refractivity contribution < 1.29 is 2.97 Å². The summed E-state index contributed by atoms with van der Waals surface area (Å²) in [5, 5.41) is 0. The van der Waals surface area contributed by atoms with Gasteiger partial charge in [-0.05, 0) is 13.0 Å². The van der Waals surface area contributed by atoms with Crippen LogP contribution in [0.25, 0.3) is 0 Å². The van der Waals surface area contributed by atoms with Crippen molar-refractivity contribution in [2.75, 3.05) is 6.54 Å². The zero-order chi connectivity index (χ0) is 5.41. The predicted molar refractivity (Wildman–Crippen MR) is 21.5 cm³/mol. The minimum absolute atomic E-state index is 0.819. The molecule has 0 saturated heterocycles. The fourth-order valence-corrected chi connectivity index (χ4v) is 0. The fraction of sp³-hybridized carbons (Fsp3) is 1.00. The van der Waals surface area contributed by atoms with Crippen LogP contribution >= 0.6 is 0 Å². The minimum Gasteiger partial charge on any atom is -0.330 e. The lowest BCUT2D eigenvalue weighted by atomic mass is 10.5. The molecule has 0 saturated carbocycles. The van der Waals surface area contributed by atoms with E-state index in [1.807, 2.05) is 0 Å². The van der Waals surface area contributed by atoms with Crippen LogP contribution in [0.4, 0.5) is 0 Å². The van der Waals surface area contributed by atoms with Gasteiger partial charge in [0.25, 0.3) is 0 Å². The van der Waals surface area contributed by atoms with Crippen molar-refractivity contribution in [1.82, 2.24) is 0 Å². The Kier molecular flexibility index (Phi) is 1.64. The van der Waals surface area contributed by atoms with Crippen LogP contribution in [0.2, 0.25) is 0 Å². The second-order valence-electron chi connectivity index (χ2n) is 0.789. The molecular formula is C3H11N. The quantitative estimate of drug-likeness (QED) is 0.474. The summed E-state index contributed by atoms with van der Waals surface area (Å²) in [7, 11) is 0. The van der Waals surface area contributed by atoms with Crippen LogP contribution in [0, 0.1) is 0 Å². The summed E-state index contributed by atoms with van der Waals surface area (Å²) in [6.45, 7) is 2.88. The van der Waals surface area contributed by atoms with Crippen LogP contribution in [0.15, 0.2) is 0 Å². The lowest BCUT2D eigenvalue weighted by molar-refractivity contribution is 0.932.